The Hall–Kier alpha value is -4.51. The maximum atomic E-state index is 15.8. The van der Waals surface area contributed by atoms with Crippen LogP contribution < -0.4 is 20.5 Å². The van der Waals surface area contributed by atoms with Crippen LogP contribution in [0.1, 0.15) is 60.7 Å². The highest BCUT2D eigenvalue weighted by atomic mass is 19.1. The Morgan fingerprint density at radius 3 is 2.60 bits per heavy atom. The molecule has 1 aliphatic carbocycles. The zero-order valence-corrected chi connectivity index (χ0v) is 27.0. The van der Waals surface area contributed by atoms with Gasteiger partial charge in [0.1, 0.15) is 5.82 Å². The normalized spacial score (nSPS) is 19.9. The first-order chi connectivity index (χ1) is 22.7. The van der Waals surface area contributed by atoms with E-state index in [-0.39, 0.29) is 23.6 Å². The molecule has 2 saturated heterocycles. The van der Waals surface area contributed by atoms with Gasteiger partial charge in [-0.1, -0.05) is 0 Å². The number of nitrogens with zero attached hydrogens (tertiary/aromatic N) is 6. The van der Waals surface area contributed by atoms with Gasteiger partial charge in [0, 0.05) is 86.1 Å². The predicted molar refractivity (Wildman–Crippen MR) is 181 cm³/mol. The Morgan fingerprint density at radius 2 is 1.85 bits per heavy atom. The fourth-order valence-electron chi connectivity index (χ4n) is 7.30. The van der Waals surface area contributed by atoms with Crippen molar-refractivity contribution in [3.63, 3.8) is 0 Å². The van der Waals surface area contributed by atoms with Crippen LogP contribution in [-0.2, 0) is 13.1 Å². The molecule has 3 fully saturated rings. The van der Waals surface area contributed by atoms with Crippen molar-refractivity contribution in [3.8, 4) is 0 Å². The van der Waals surface area contributed by atoms with E-state index in [0.29, 0.717) is 49.2 Å². The lowest BCUT2D eigenvalue weighted by Gasteiger charge is -2.40. The summed E-state index contributed by atoms with van der Waals surface area (Å²) in [6.45, 7) is 7.82. The van der Waals surface area contributed by atoms with E-state index in [1.54, 1.807) is 6.07 Å². The molecule has 0 bridgehead atoms. The Morgan fingerprint density at radius 1 is 1.00 bits per heavy atom. The molecule has 7 rings (SSSR count). The van der Waals surface area contributed by atoms with Gasteiger partial charge in [-0.15, -0.1) is 0 Å². The molecule has 10 nitrogen and oxygen atoms in total. The van der Waals surface area contributed by atoms with E-state index in [1.807, 2.05) is 49.5 Å². The summed E-state index contributed by atoms with van der Waals surface area (Å²) in [5, 5.41) is 12.1. The molecule has 2 aliphatic heterocycles. The van der Waals surface area contributed by atoms with Crippen LogP contribution in [0.2, 0.25) is 0 Å². The zero-order chi connectivity index (χ0) is 32.7. The van der Waals surface area contributed by atoms with Crippen molar-refractivity contribution in [3.05, 3.63) is 93.5 Å². The van der Waals surface area contributed by atoms with Crippen LogP contribution in [0.4, 0.5) is 20.6 Å². The van der Waals surface area contributed by atoms with Crippen LogP contribution in [-0.4, -0.2) is 68.9 Å². The van der Waals surface area contributed by atoms with E-state index in [0.717, 1.165) is 66.9 Å². The summed E-state index contributed by atoms with van der Waals surface area (Å²) in [7, 11) is 0. The topological polar surface area (TPSA) is 107 Å². The number of piperidine rings is 1. The minimum absolute atomic E-state index is 0.138. The van der Waals surface area contributed by atoms with Gasteiger partial charge in [0.25, 0.3) is 0 Å². The average molecular weight is 640 g/mol. The summed E-state index contributed by atoms with van der Waals surface area (Å²) in [6.07, 6.45) is 9.39. The van der Waals surface area contributed by atoms with Crippen molar-refractivity contribution in [1.82, 2.24) is 24.8 Å². The number of fused-ring (bicyclic) bond motifs is 1. The largest absolute Gasteiger partial charge is 0.465 e. The average Bonchev–Trinajstić information content (AvgIpc) is 3.80. The van der Waals surface area contributed by atoms with Crippen LogP contribution in [0.25, 0.3) is 10.9 Å². The third-order valence-electron chi connectivity index (χ3n) is 9.87. The van der Waals surface area contributed by atoms with Crippen LogP contribution in [0.15, 0.2) is 59.8 Å². The molecular formula is C36H42FN7O3. The second-order valence-corrected chi connectivity index (χ2v) is 13.4. The second kappa shape index (κ2) is 12.9. The standard InChI is InChI=1S/C36H42FN7O3/c1-23-5-6-29(17-39-23)41-12-3-4-30(22-41)43(18-25-9-11-38-24(2)14-25)19-26-20-44(28-7-8-28)33-16-34(32(37)15-31(33)35(26)45)42-13-10-27(21-42)40-36(46)47/h5-6,9,11,14-17,20,27-28,30,40H,3-4,7-8,10,12-13,18-19,21-22H2,1-2H3,(H,46,47)/t27-,30+/m1/s1. The summed E-state index contributed by atoms with van der Waals surface area (Å²) in [4.78, 5) is 41.0. The van der Waals surface area contributed by atoms with Gasteiger partial charge < -0.3 is 24.8 Å². The number of aromatic nitrogens is 3. The fourth-order valence-corrected chi connectivity index (χ4v) is 7.30. The van der Waals surface area contributed by atoms with Gasteiger partial charge in [-0.3, -0.25) is 19.7 Å². The third-order valence-corrected chi connectivity index (χ3v) is 9.87. The van der Waals surface area contributed by atoms with Crippen molar-refractivity contribution in [2.24, 2.45) is 0 Å². The number of nitrogens with one attached hydrogen (secondary N) is 1. The fraction of sp³-hybridized carbons (Fsp3) is 0.444. The van der Waals surface area contributed by atoms with E-state index in [1.165, 1.54) is 6.07 Å². The first-order valence-corrected chi connectivity index (χ1v) is 16.7. The van der Waals surface area contributed by atoms with Crippen LogP contribution in [0.5, 0.6) is 0 Å². The molecule has 0 radical (unpaired) electrons. The van der Waals surface area contributed by atoms with Gasteiger partial charge in [-0.25, -0.2) is 9.18 Å². The van der Waals surface area contributed by atoms with Gasteiger partial charge in [0.15, 0.2) is 5.43 Å². The van der Waals surface area contributed by atoms with Crippen LogP contribution in [0.3, 0.4) is 0 Å². The Balaban J connectivity index is 1.22. The number of hydrogen-bond donors (Lipinski definition) is 2. The zero-order valence-electron chi connectivity index (χ0n) is 27.0. The molecule has 3 aromatic heterocycles. The highest BCUT2D eigenvalue weighted by Gasteiger charge is 2.31. The lowest BCUT2D eigenvalue weighted by molar-refractivity contribution is 0.158. The number of rotatable bonds is 9. The lowest BCUT2D eigenvalue weighted by atomic mass is 10.0. The number of benzene rings is 1. The summed E-state index contributed by atoms with van der Waals surface area (Å²) >= 11 is 0. The van der Waals surface area contributed by atoms with Gasteiger partial charge in [-0.05, 0) is 87.9 Å². The predicted octanol–water partition coefficient (Wildman–Crippen LogP) is 5.40. The van der Waals surface area contributed by atoms with Crippen molar-refractivity contribution in [2.45, 2.75) is 77.2 Å². The molecule has 0 spiro atoms. The smallest absolute Gasteiger partial charge is 0.404 e. The number of pyridine rings is 3. The number of carboxylic acid groups (broad SMARTS) is 1. The van der Waals surface area contributed by atoms with Crippen LogP contribution >= 0.6 is 0 Å². The number of carbonyl (C=O) groups is 1. The van der Waals surface area contributed by atoms with E-state index in [2.05, 4.69) is 41.8 Å². The Bertz CT molecular complexity index is 1840. The molecule has 3 aliphatic rings. The summed E-state index contributed by atoms with van der Waals surface area (Å²) in [6, 6.07) is 11.7. The quantitative estimate of drug-likeness (QED) is 0.251. The van der Waals surface area contributed by atoms with E-state index in [9.17, 15) is 9.59 Å². The number of amides is 1. The summed E-state index contributed by atoms with van der Waals surface area (Å²) < 4.78 is 18.0. The van der Waals surface area contributed by atoms with E-state index >= 15 is 4.39 Å². The number of aryl methyl sites for hydroxylation is 2. The minimum Gasteiger partial charge on any atom is -0.465 e. The lowest BCUT2D eigenvalue weighted by Crippen LogP contribution is -2.48. The van der Waals surface area contributed by atoms with Crippen LogP contribution in [0, 0.1) is 19.7 Å². The van der Waals surface area contributed by atoms with Crippen molar-refractivity contribution >= 4 is 28.4 Å². The monoisotopic (exact) mass is 639 g/mol. The minimum atomic E-state index is -1.08. The highest BCUT2D eigenvalue weighted by Crippen LogP contribution is 2.39. The number of anilines is 2. The Labute approximate surface area is 273 Å². The first kappa shape index (κ1) is 31.1. The maximum absolute atomic E-state index is 15.8. The molecule has 2 N–H and O–H groups in total. The molecule has 1 amide bonds. The summed E-state index contributed by atoms with van der Waals surface area (Å²) in [5.41, 5.74) is 5.88. The van der Waals surface area contributed by atoms with Crippen molar-refractivity contribution < 1.29 is 14.3 Å². The SMILES string of the molecule is Cc1ccc(N2CCC[C@H](N(Cc3ccnc(C)c3)Cc3cn(C4CC4)c4cc(N5CC[C@@H](NC(=O)O)C5)c(F)cc4c3=O)C2)cn1. The first-order valence-electron chi connectivity index (χ1n) is 16.7. The molecule has 2 atom stereocenters. The van der Waals surface area contributed by atoms with Gasteiger partial charge >= 0.3 is 6.09 Å². The molecule has 4 aromatic rings. The molecule has 5 heterocycles. The van der Waals surface area contributed by atoms with Crippen molar-refractivity contribution in [2.75, 3.05) is 36.0 Å². The summed E-state index contributed by atoms with van der Waals surface area (Å²) in [5.74, 6) is -0.455. The number of hydrogen-bond acceptors (Lipinski definition) is 7. The van der Waals surface area contributed by atoms with E-state index in [4.69, 9.17) is 5.11 Å². The van der Waals surface area contributed by atoms with Crippen molar-refractivity contribution in [1.29, 1.82) is 0 Å². The second-order valence-electron chi connectivity index (χ2n) is 13.4. The molecule has 47 heavy (non-hydrogen) atoms. The van der Waals surface area contributed by atoms with Gasteiger partial charge in [0.2, 0.25) is 0 Å². The van der Waals surface area contributed by atoms with Gasteiger partial charge in [-0.2, -0.15) is 0 Å². The van der Waals surface area contributed by atoms with Gasteiger partial charge in [0.05, 0.1) is 29.1 Å². The van der Waals surface area contributed by atoms with E-state index < -0.39 is 11.9 Å². The molecule has 0 unspecified atom stereocenters. The third kappa shape index (κ3) is 6.81. The molecule has 11 heteroatoms. The molecule has 1 aromatic carbocycles. The maximum Gasteiger partial charge on any atom is 0.404 e. The molecule has 1 saturated carbocycles. The number of halogens is 1. The molecular weight excluding hydrogens is 597 g/mol. The molecule has 246 valence electrons. The Kier molecular flexibility index (Phi) is 8.57. The highest BCUT2D eigenvalue weighted by molar-refractivity contribution is 5.84.